The molecule has 108 valence electrons. The Kier molecular flexibility index (Phi) is 7.33. The van der Waals surface area contributed by atoms with Gasteiger partial charge in [0.2, 0.25) is 5.91 Å². The molecular weight excluding hydrogens is 261 g/mol. The average molecular weight is 279 g/mol. The van der Waals surface area contributed by atoms with Crippen LogP contribution in [0.2, 0.25) is 0 Å². The molecule has 0 saturated heterocycles. The van der Waals surface area contributed by atoms with Crippen LogP contribution in [0.25, 0.3) is 0 Å². The summed E-state index contributed by atoms with van der Waals surface area (Å²) in [5.74, 6) is 4.09. The number of carbonyl (C=O) groups is 1. The maximum Gasteiger partial charge on any atom is 0.226 e. The minimum atomic E-state index is -0.536. The van der Waals surface area contributed by atoms with Gasteiger partial charge in [0.25, 0.3) is 0 Å². The van der Waals surface area contributed by atoms with Crippen molar-refractivity contribution in [2.75, 3.05) is 25.1 Å². The molecule has 0 saturated carbocycles. The summed E-state index contributed by atoms with van der Waals surface area (Å²) in [4.78, 5) is 11.6. The lowest BCUT2D eigenvalue weighted by molar-refractivity contribution is -0.117. The normalized spacial score (nSPS) is 9.75. The Labute approximate surface area is 117 Å². The standard InChI is InChI=1S/C15H18FNO3/c1-2-9-20-10-7-15(19)17-13-6-5-12(4-3-8-18)14(16)11-13/h5-6,11,18H,2,7-10H2,1H3,(H,17,19). The molecule has 0 spiro atoms. The monoisotopic (exact) mass is 279 g/mol. The van der Waals surface area contributed by atoms with Crippen LogP contribution in [-0.4, -0.2) is 30.8 Å². The van der Waals surface area contributed by atoms with Crippen LogP contribution in [0.3, 0.4) is 0 Å². The van der Waals surface area contributed by atoms with E-state index in [0.717, 1.165) is 6.42 Å². The fourth-order valence-corrected chi connectivity index (χ4v) is 1.46. The van der Waals surface area contributed by atoms with E-state index >= 15 is 0 Å². The van der Waals surface area contributed by atoms with E-state index < -0.39 is 5.82 Å². The molecule has 0 atom stereocenters. The van der Waals surface area contributed by atoms with Crippen molar-refractivity contribution >= 4 is 11.6 Å². The quantitative estimate of drug-likeness (QED) is 0.618. The first-order valence-electron chi connectivity index (χ1n) is 6.44. The second-order valence-corrected chi connectivity index (χ2v) is 4.07. The molecule has 1 aromatic carbocycles. The van der Waals surface area contributed by atoms with Gasteiger partial charge in [-0.2, -0.15) is 0 Å². The molecule has 20 heavy (non-hydrogen) atoms. The number of halogens is 1. The molecule has 0 heterocycles. The number of amides is 1. The van der Waals surface area contributed by atoms with Crippen LogP contribution < -0.4 is 5.32 Å². The second kappa shape index (κ2) is 9.08. The molecule has 1 rings (SSSR count). The van der Waals surface area contributed by atoms with Crippen LogP contribution in [0.5, 0.6) is 0 Å². The number of aliphatic hydroxyl groups excluding tert-OH is 1. The largest absolute Gasteiger partial charge is 0.384 e. The Hall–Kier alpha value is -1.90. The van der Waals surface area contributed by atoms with Gasteiger partial charge in [-0.15, -0.1) is 0 Å². The third kappa shape index (κ3) is 5.83. The molecule has 1 aromatic rings. The lowest BCUT2D eigenvalue weighted by Gasteiger charge is -2.06. The maximum absolute atomic E-state index is 13.6. The van der Waals surface area contributed by atoms with Crippen molar-refractivity contribution in [3.05, 3.63) is 29.6 Å². The predicted octanol–water partition coefficient (Wildman–Crippen LogP) is 1.92. The van der Waals surface area contributed by atoms with Gasteiger partial charge in [0, 0.05) is 12.3 Å². The van der Waals surface area contributed by atoms with Crippen molar-refractivity contribution in [1.29, 1.82) is 0 Å². The molecule has 0 aliphatic carbocycles. The highest BCUT2D eigenvalue weighted by Crippen LogP contribution is 2.14. The summed E-state index contributed by atoms with van der Waals surface area (Å²) in [5, 5.41) is 11.1. The summed E-state index contributed by atoms with van der Waals surface area (Å²) in [6.45, 7) is 2.64. The van der Waals surface area contributed by atoms with Crippen molar-refractivity contribution in [1.82, 2.24) is 0 Å². The van der Waals surface area contributed by atoms with E-state index in [1.54, 1.807) is 6.07 Å². The number of benzene rings is 1. The molecule has 0 aliphatic heterocycles. The van der Waals surface area contributed by atoms with Gasteiger partial charge in [-0.3, -0.25) is 4.79 Å². The van der Waals surface area contributed by atoms with Crippen LogP contribution in [-0.2, 0) is 9.53 Å². The van der Waals surface area contributed by atoms with Gasteiger partial charge in [0.15, 0.2) is 0 Å². The summed E-state index contributed by atoms with van der Waals surface area (Å²) in [6, 6.07) is 4.22. The Balaban J connectivity index is 2.52. The first-order chi connectivity index (χ1) is 9.67. The summed E-state index contributed by atoms with van der Waals surface area (Å²) in [6.07, 6.45) is 1.14. The van der Waals surface area contributed by atoms with Crippen molar-refractivity contribution in [2.45, 2.75) is 19.8 Å². The maximum atomic E-state index is 13.6. The van der Waals surface area contributed by atoms with E-state index in [4.69, 9.17) is 9.84 Å². The molecule has 2 N–H and O–H groups in total. The van der Waals surface area contributed by atoms with E-state index in [1.807, 2.05) is 6.92 Å². The Morgan fingerprint density at radius 3 is 2.90 bits per heavy atom. The van der Waals surface area contributed by atoms with Gasteiger partial charge >= 0.3 is 0 Å². The molecule has 0 fully saturated rings. The number of rotatable bonds is 6. The molecule has 0 aliphatic rings. The third-order valence-electron chi connectivity index (χ3n) is 2.38. The fraction of sp³-hybridized carbons (Fsp3) is 0.400. The highest BCUT2D eigenvalue weighted by atomic mass is 19.1. The van der Waals surface area contributed by atoms with Gasteiger partial charge in [-0.25, -0.2) is 4.39 Å². The van der Waals surface area contributed by atoms with E-state index in [9.17, 15) is 9.18 Å². The average Bonchev–Trinajstić information content (AvgIpc) is 2.43. The molecule has 0 bridgehead atoms. The van der Waals surface area contributed by atoms with Gasteiger partial charge in [0.1, 0.15) is 12.4 Å². The highest BCUT2D eigenvalue weighted by molar-refractivity contribution is 5.90. The zero-order valence-corrected chi connectivity index (χ0v) is 11.4. The summed E-state index contributed by atoms with van der Waals surface area (Å²) in [5.41, 5.74) is 0.556. The van der Waals surface area contributed by atoms with Crippen LogP contribution in [0.4, 0.5) is 10.1 Å². The third-order valence-corrected chi connectivity index (χ3v) is 2.38. The minimum absolute atomic E-state index is 0.184. The van der Waals surface area contributed by atoms with Gasteiger partial charge in [-0.05, 0) is 24.6 Å². The van der Waals surface area contributed by atoms with Gasteiger partial charge in [-0.1, -0.05) is 18.8 Å². The van der Waals surface area contributed by atoms with E-state index in [0.29, 0.717) is 18.9 Å². The second-order valence-electron chi connectivity index (χ2n) is 4.07. The lowest BCUT2D eigenvalue weighted by atomic mass is 10.2. The zero-order valence-electron chi connectivity index (χ0n) is 11.4. The number of carbonyl (C=O) groups excluding carboxylic acids is 1. The van der Waals surface area contributed by atoms with Crippen LogP contribution >= 0.6 is 0 Å². The van der Waals surface area contributed by atoms with E-state index in [1.165, 1.54) is 12.1 Å². The smallest absolute Gasteiger partial charge is 0.226 e. The van der Waals surface area contributed by atoms with Crippen molar-refractivity contribution in [2.24, 2.45) is 0 Å². The Morgan fingerprint density at radius 1 is 1.45 bits per heavy atom. The topological polar surface area (TPSA) is 58.6 Å². The molecule has 4 nitrogen and oxygen atoms in total. The predicted molar refractivity (Wildman–Crippen MR) is 74.7 cm³/mol. The van der Waals surface area contributed by atoms with Crippen molar-refractivity contribution in [3.63, 3.8) is 0 Å². The van der Waals surface area contributed by atoms with Gasteiger partial charge < -0.3 is 15.2 Å². The van der Waals surface area contributed by atoms with Crippen LogP contribution in [0, 0.1) is 17.7 Å². The van der Waals surface area contributed by atoms with E-state index in [2.05, 4.69) is 17.2 Å². The highest BCUT2D eigenvalue weighted by Gasteiger charge is 2.05. The van der Waals surface area contributed by atoms with Crippen LogP contribution in [0.1, 0.15) is 25.3 Å². The SMILES string of the molecule is CCCOCCC(=O)Nc1ccc(C#CCO)c(F)c1. The fourth-order valence-electron chi connectivity index (χ4n) is 1.46. The number of aliphatic hydroxyl groups is 1. The van der Waals surface area contributed by atoms with Crippen molar-refractivity contribution in [3.8, 4) is 11.8 Å². The van der Waals surface area contributed by atoms with Crippen molar-refractivity contribution < 1.29 is 19.0 Å². The number of nitrogens with one attached hydrogen (secondary N) is 1. The summed E-state index contributed by atoms with van der Waals surface area (Å²) < 4.78 is 18.8. The summed E-state index contributed by atoms with van der Waals surface area (Å²) in [7, 11) is 0. The molecular formula is C15H18FNO3. The molecule has 0 unspecified atom stereocenters. The minimum Gasteiger partial charge on any atom is -0.384 e. The lowest BCUT2D eigenvalue weighted by Crippen LogP contribution is -2.14. The van der Waals surface area contributed by atoms with Crippen LogP contribution in [0.15, 0.2) is 18.2 Å². The molecule has 1 amide bonds. The molecule has 0 aromatic heterocycles. The number of hydrogen-bond donors (Lipinski definition) is 2. The number of anilines is 1. The Bertz CT molecular complexity index is 506. The first kappa shape index (κ1) is 16.2. The summed E-state index contributed by atoms with van der Waals surface area (Å²) >= 11 is 0. The van der Waals surface area contributed by atoms with Gasteiger partial charge in [0.05, 0.1) is 18.6 Å². The molecule has 5 heteroatoms. The Morgan fingerprint density at radius 2 is 2.25 bits per heavy atom. The number of hydrogen-bond acceptors (Lipinski definition) is 3. The molecule has 0 radical (unpaired) electrons. The number of ether oxygens (including phenoxy) is 1. The zero-order chi connectivity index (χ0) is 14.8. The first-order valence-corrected chi connectivity index (χ1v) is 6.44. The van der Waals surface area contributed by atoms with E-state index in [-0.39, 0.29) is 24.5 Å².